The number of rotatable bonds is 8. The van der Waals surface area contributed by atoms with Crippen molar-refractivity contribution in [2.45, 2.75) is 89.9 Å². The van der Waals surface area contributed by atoms with Gasteiger partial charge in [-0.05, 0) is 51.2 Å². The third-order valence-corrected chi connectivity index (χ3v) is 7.08. The van der Waals surface area contributed by atoms with Gasteiger partial charge in [0, 0.05) is 17.9 Å². The van der Waals surface area contributed by atoms with Gasteiger partial charge in [-0.2, -0.15) is 0 Å². The van der Waals surface area contributed by atoms with Crippen molar-refractivity contribution < 1.29 is 23.8 Å². The molecule has 0 bridgehead atoms. The van der Waals surface area contributed by atoms with Gasteiger partial charge in [-0.25, -0.2) is 9.78 Å². The number of carbonyl (C=O) groups excluding carboxylic acids is 1. The van der Waals surface area contributed by atoms with Crippen molar-refractivity contribution in [3.05, 3.63) is 41.3 Å². The number of hydrogen-bond donors (Lipinski definition) is 2. The number of aromatic nitrogens is 1. The van der Waals surface area contributed by atoms with Crippen LogP contribution in [0.1, 0.15) is 75.3 Å². The molecule has 33 heavy (non-hydrogen) atoms. The average Bonchev–Trinajstić information content (AvgIpc) is 3.46. The number of carboxylic acid groups (broad SMARTS) is 1. The van der Waals surface area contributed by atoms with Crippen LogP contribution in [0.5, 0.6) is 0 Å². The Hall–Kier alpha value is -2.67. The van der Waals surface area contributed by atoms with Gasteiger partial charge in [-0.1, -0.05) is 43.9 Å². The molecule has 2 atom stereocenters. The third-order valence-electron chi connectivity index (χ3n) is 7.08. The Balaban J connectivity index is 1.36. The van der Waals surface area contributed by atoms with Gasteiger partial charge in [0.2, 0.25) is 11.8 Å². The number of benzene rings is 1. The molecule has 4 rings (SSSR count). The Morgan fingerprint density at radius 2 is 1.91 bits per heavy atom. The first kappa shape index (κ1) is 23.5. The lowest BCUT2D eigenvalue weighted by Crippen LogP contribution is -2.54. The van der Waals surface area contributed by atoms with E-state index in [9.17, 15) is 14.7 Å². The van der Waals surface area contributed by atoms with Crippen molar-refractivity contribution in [2.24, 2.45) is 5.92 Å². The Bertz CT molecular complexity index is 975. The molecule has 0 aliphatic heterocycles. The summed E-state index contributed by atoms with van der Waals surface area (Å²) in [6.07, 6.45) is 6.51. The van der Waals surface area contributed by atoms with Crippen LogP contribution in [-0.4, -0.2) is 33.6 Å². The predicted octanol–water partition coefficient (Wildman–Crippen LogP) is 4.80. The number of aryl methyl sites for hydroxylation is 2. The molecule has 1 amide bonds. The van der Waals surface area contributed by atoms with Crippen molar-refractivity contribution in [3.8, 4) is 11.5 Å². The fourth-order valence-electron chi connectivity index (χ4n) is 5.03. The highest BCUT2D eigenvalue weighted by Gasteiger charge is 2.44. The Morgan fingerprint density at radius 1 is 1.18 bits per heavy atom. The minimum Gasteiger partial charge on any atom is -0.480 e. The molecular weight excluding hydrogens is 420 g/mol. The van der Waals surface area contributed by atoms with E-state index in [1.807, 2.05) is 38.1 Å². The van der Waals surface area contributed by atoms with Crippen molar-refractivity contribution in [3.63, 3.8) is 0 Å². The smallest absolute Gasteiger partial charge is 0.329 e. The maximum atomic E-state index is 12.9. The van der Waals surface area contributed by atoms with E-state index in [-0.39, 0.29) is 17.9 Å². The summed E-state index contributed by atoms with van der Waals surface area (Å²) in [5.74, 6) is 0.137. The third kappa shape index (κ3) is 5.29. The van der Waals surface area contributed by atoms with Gasteiger partial charge in [0.05, 0.1) is 12.7 Å². The molecule has 2 N–H and O–H groups in total. The van der Waals surface area contributed by atoms with E-state index in [1.54, 1.807) is 0 Å². The first-order chi connectivity index (χ1) is 15.9. The maximum absolute atomic E-state index is 12.9. The molecule has 2 aliphatic rings. The number of amides is 1. The van der Waals surface area contributed by atoms with E-state index >= 15 is 0 Å². The largest absolute Gasteiger partial charge is 0.480 e. The summed E-state index contributed by atoms with van der Waals surface area (Å²) >= 11 is 0. The lowest BCUT2D eigenvalue weighted by molar-refractivity contribution is -0.148. The Labute approximate surface area is 194 Å². The molecule has 0 saturated heterocycles. The van der Waals surface area contributed by atoms with Gasteiger partial charge >= 0.3 is 5.97 Å². The molecule has 7 nitrogen and oxygen atoms in total. The molecule has 2 fully saturated rings. The second-order valence-electron chi connectivity index (χ2n) is 9.49. The number of nitrogens with zero attached hydrogens (tertiary/aromatic N) is 1. The molecule has 1 heterocycles. The standard InChI is InChI=1S/C26H34N2O5/c1-3-22-21(27-24(33-22)18-11-9-17(2)10-12-18)16-32-20-8-6-7-19(15-20)23(29)28-26(25(30)31)13-4-5-14-26/h9-12,19-20H,3-8,13-16H2,1-2H3,(H,28,29)(H,30,31). The summed E-state index contributed by atoms with van der Waals surface area (Å²) in [4.78, 5) is 29.4. The molecule has 1 aromatic carbocycles. The summed E-state index contributed by atoms with van der Waals surface area (Å²) in [6, 6.07) is 8.08. The van der Waals surface area contributed by atoms with Gasteiger partial charge in [0.25, 0.3) is 0 Å². The van der Waals surface area contributed by atoms with Gasteiger partial charge in [0.15, 0.2) is 0 Å². The number of carboxylic acids is 1. The topological polar surface area (TPSA) is 102 Å². The lowest BCUT2D eigenvalue weighted by Gasteiger charge is -2.32. The van der Waals surface area contributed by atoms with Crippen LogP contribution in [0.15, 0.2) is 28.7 Å². The van der Waals surface area contributed by atoms with E-state index in [1.165, 1.54) is 5.56 Å². The van der Waals surface area contributed by atoms with Gasteiger partial charge < -0.3 is 19.6 Å². The molecule has 2 unspecified atom stereocenters. The van der Waals surface area contributed by atoms with Gasteiger partial charge in [0.1, 0.15) is 17.0 Å². The number of carbonyl (C=O) groups is 2. The predicted molar refractivity (Wildman–Crippen MR) is 124 cm³/mol. The number of nitrogens with one attached hydrogen (secondary N) is 1. The molecule has 0 radical (unpaired) electrons. The van der Waals surface area contributed by atoms with E-state index in [2.05, 4.69) is 10.3 Å². The fourth-order valence-corrected chi connectivity index (χ4v) is 5.03. The van der Waals surface area contributed by atoms with E-state index < -0.39 is 11.5 Å². The summed E-state index contributed by atoms with van der Waals surface area (Å²) in [5.41, 5.74) is 1.84. The summed E-state index contributed by atoms with van der Waals surface area (Å²) in [6.45, 7) is 4.42. The minimum absolute atomic E-state index is 0.0527. The number of oxazole rings is 1. The summed E-state index contributed by atoms with van der Waals surface area (Å²) in [5, 5.41) is 12.5. The second-order valence-corrected chi connectivity index (χ2v) is 9.49. The average molecular weight is 455 g/mol. The zero-order valence-electron chi connectivity index (χ0n) is 19.6. The normalized spacial score (nSPS) is 22.2. The van der Waals surface area contributed by atoms with E-state index in [4.69, 9.17) is 9.15 Å². The van der Waals surface area contributed by atoms with E-state index in [0.717, 1.165) is 55.5 Å². The summed E-state index contributed by atoms with van der Waals surface area (Å²) in [7, 11) is 0. The highest BCUT2D eigenvalue weighted by Crippen LogP contribution is 2.33. The molecule has 2 saturated carbocycles. The number of aliphatic carboxylic acids is 1. The quantitative estimate of drug-likeness (QED) is 0.594. The fraction of sp³-hybridized carbons (Fsp3) is 0.577. The molecular formula is C26H34N2O5. The first-order valence-corrected chi connectivity index (χ1v) is 12.1. The number of ether oxygens (including phenoxy) is 1. The van der Waals surface area contributed by atoms with E-state index in [0.29, 0.717) is 31.8 Å². The zero-order valence-corrected chi connectivity index (χ0v) is 19.6. The monoisotopic (exact) mass is 454 g/mol. The Kier molecular flexibility index (Phi) is 7.17. The van der Waals surface area contributed by atoms with Gasteiger partial charge in [-0.3, -0.25) is 4.79 Å². The van der Waals surface area contributed by atoms with Crippen LogP contribution in [0.25, 0.3) is 11.5 Å². The van der Waals surface area contributed by atoms with Crippen LogP contribution in [-0.2, 0) is 27.4 Å². The van der Waals surface area contributed by atoms with Crippen LogP contribution in [0, 0.1) is 12.8 Å². The minimum atomic E-state index is -1.09. The zero-order chi connectivity index (χ0) is 23.4. The molecule has 0 spiro atoms. The van der Waals surface area contributed by atoms with Crippen LogP contribution in [0.2, 0.25) is 0 Å². The molecule has 2 aromatic rings. The molecule has 7 heteroatoms. The van der Waals surface area contributed by atoms with Crippen molar-refractivity contribution in [1.82, 2.24) is 10.3 Å². The van der Waals surface area contributed by atoms with Gasteiger partial charge in [-0.15, -0.1) is 0 Å². The van der Waals surface area contributed by atoms with Crippen molar-refractivity contribution in [1.29, 1.82) is 0 Å². The molecule has 1 aromatic heterocycles. The van der Waals surface area contributed by atoms with Crippen LogP contribution in [0.3, 0.4) is 0 Å². The summed E-state index contributed by atoms with van der Waals surface area (Å²) < 4.78 is 12.2. The SMILES string of the molecule is CCc1oc(-c2ccc(C)cc2)nc1COC1CCCC(C(=O)NC2(C(=O)O)CCCC2)C1. The van der Waals surface area contributed by atoms with Crippen LogP contribution < -0.4 is 5.32 Å². The molecule has 178 valence electrons. The highest BCUT2D eigenvalue weighted by atomic mass is 16.5. The van der Waals surface area contributed by atoms with Crippen molar-refractivity contribution in [2.75, 3.05) is 0 Å². The highest BCUT2D eigenvalue weighted by molar-refractivity contribution is 5.88. The number of hydrogen-bond acceptors (Lipinski definition) is 5. The Morgan fingerprint density at radius 3 is 2.58 bits per heavy atom. The lowest BCUT2D eigenvalue weighted by atomic mass is 9.85. The molecule has 2 aliphatic carbocycles. The first-order valence-electron chi connectivity index (χ1n) is 12.1. The van der Waals surface area contributed by atoms with Crippen LogP contribution >= 0.6 is 0 Å². The van der Waals surface area contributed by atoms with Crippen molar-refractivity contribution >= 4 is 11.9 Å². The second kappa shape index (κ2) is 10.1. The maximum Gasteiger partial charge on any atom is 0.329 e. The van der Waals surface area contributed by atoms with Crippen LogP contribution in [0.4, 0.5) is 0 Å².